The number of piperidine rings is 1. The van der Waals surface area contributed by atoms with Crippen LogP contribution in [-0.4, -0.2) is 35.1 Å². The number of allylic oxidation sites excluding steroid dienone is 2. The highest BCUT2D eigenvalue weighted by Crippen LogP contribution is 2.26. The van der Waals surface area contributed by atoms with Gasteiger partial charge in [-0.1, -0.05) is 18.7 Å². The molecule has 2 N–H and O–H groups in total. The second kappa shape index (κ2) is 10.2. The normalized spacial score (nSPS) is 14.6. The minimum atomic E-state index is -0.900. The van der Waals surface area contributed by atoms with Crippen LogP contribution < -0.4 is 5.32 Å². The van der Waals surface area contributed by atoms with Crippen molar-refractivity contribution in [3.63, 3.8) is 0 Å². The van der Waals surface area contributed by atoms with Crippen LogP contribution in [0.2, 0.25) is 0 Å². The van der Waals surface area contributed by atoms with Crippen LogP contribution in [-0.2, 0) is 0 Å². The number of benzene rings is 1. The second-order valence-corrected chi connectivity index (χ2v) is 6.46. The summed E-state index contributed by atoms with van der Waals surface area (Å²) in [4.78, 5) is 13.5. The van der Waals surface area contributed by atoms with Gasteiger partial charge < -0.3 is 15.3 Å². The van der Waals surface area contributed by atoms with E-state index in [-0.39, 0.29) is 6.04 Å². The number of aryl methyl sites for hydroxylation is 2. The molecule has 0 atom stereocenters. The van der Waals surface area contributed by atoms with Crippen LogP contribution in [0.3, 0.4) is 0 Å². The van der Waals surface area contributed by atoms with Crippen LogP contribution in [0.1, 0.15) is 41.3 Å². The first kappa shape index (κ1) is 22.0. The van der Waals surface area contributed by atoms with Crippen molar-refractivity contribution in [1.82, 2.24) is 4.90 Å². The molecule has 27 heavy (non-hydrogen) atoms. The molecule has 0 amide bonds. The van der Waals surface area contributed by atoms with Crippen molar-refractivity contribution in [1.29, 1.82) is 5.26 Å². The van der Waals surface area contributed by atoms with Crippen LogP contribution in [0.5, 0.6) is 0 Å². The topological polar surface area (TPSA) is 76.4 Å². The van der Waals surface area contributed by atoms with Crippen molar-refractivity contribution >= 4 is 11.7 Å². The number of rotatable bonds is 5. The molecule has 1 heterocycles. The van der Waals surface area contributed by atoms with Crippen molar-refractivity contribution in [2.45, 2.75) is 39.7 Å². The third-order valence-electron chi connectivity index (χ3n) is 4.71. The molecule has 5 heteroatoms. The molecular formula is C22H29N3O2. The number of hydrogen-bond donors (Lipinski definition) is 2. The van der Waals surface area contributed by atoms with E-state index < -0.39 is 5.97 Å². The van der Waals surface area contributed by atoms with E-state index in [1.807, 2.05) is 32.9 Å². The van der Waals surface area contributed by atoms with Gasteiger partial charge in [0.15, 0.2) is 0 Å². The minimum absolute atomic E-state index is 0.285. The molecule has 5 nitrogen and oxygen atoms in total. The smallest absolute Gasteiger partial charge is 0.336 e. The van der Waals surface area contributed by atoms with E-state index in [1.54, 1.807) is 6.07 Å². The van der Waals surface area contributed by atoms with E-state index in [0.717, 1.165) is 48.4 Å². The lowest BCUT2D eigenvalue weighted by Crippen LogP contribution is -2.39. The standard InChI is InChI=1S/C20H25N3O2.C2H4/c1-5-19(15(4)12-21)23-8-6-16(7-9-23)22-18-11-17(20(24)25)13(2)10-14(18)3;1-2/h5,10-11,16,22H,4,6-9H2,1-3H3,(H,24,25);1-2H2/b19-5+;. The van der Waals surface area contributed by atoms with Crippen LogP contribution in [0.4, 0.5) is 5.69 Å². The summed E-state index contributed by atoms with van der Waals surface area (Å²) < 4.78 is 0. The lowest BCUT2D eigenvalue weighted by Gasteiger charge is -2.35. The van der Waals surface area contributed by atoms with Gasteiger partial charge in [0.05, 0.1) is 11.1 Å². The number of nitriles is 1. The van der Waals surface area contributed by atoms with Crippen LogP contribution in [0.15, 0.2) is 49.2 Å². The maximum Gasteiger partial charge on any atom is 0.336 e. The van der Waals surface area contributed by atoms with Crippen molar-refractivity contribution in [3.05, 3.63) is 65.9 Å². The number of anilines is 1. The molecule has 2 rings (SSSR count). The van der Waals surface area contributed by atoms with Crippen molar-refractivity contribution < 1.29 is 9.90 Å². The number of carbonyl (C=O) groups is 1. The first-order chi connectivity index (χ1) is 12.9. The van der Waals surface area contributed by atoms with E-state index in [4.69, 9.17) is 5.26 Å². The maximum atomic E-state index is 11.3. The Hall–Kier alpha value is -3.00. The summed E-state index contributed by atoms with van der Waals surface area (Å²) in [5.41, 5.74) is 4.45. The molecular weight excluding hydrogens is 338 g/mol. The van der Waals surface area contributed by atoms with Gasteiger partial charge in [-0.2, -0.15) is 5.26 Å². The summed E-state index contributed by atoms with van der Waals surface area (Å²) in [7, 11) is 0. The predicted molar refractivity (Wildman–Crippen MR) is 111 cm³/mol. The zero-order valence-corrected chi connectivity index (χ0v) is 16.5. The Morgan fingerprint density at radius 2 is 1.89 bits per heavy atom. The molecule has 0 spiro atoms. The quantitative estimate of drug-likeness (QED) is 0.449. The molecule has 1 aromatic carbocycles. The zero-order chi connectivity index (χ0) is 20.6. The molecule has 1 aliphatic heterocycles. The van der Waals surface area contributed by atoms with Crippen LogP contribution in [0.25, 0.3) is 0 Å². The minimum Gasteiger partial charge on any atom is -0.478 e. The lowest BCUT2D eigenvalue weighted by molar-refractivity contribution is 0.0696. The predicted octanol–water partition coefficient (Wildman–Crippen LogP) is 4.66. The average Bonchev–Trinajstić information content (AvgIpc) is 2.66. The summed E-state index contributed by atoms with van der Waals surface area (Å²) in [5.74, 6) is -0.900. The summed E-state index contributed by atoms with van der Waals surface area (Å²) in [6.07, 6.45) is 3.78. The Kier molecular flexibility index (Phi) is 8.34. The number of carboxylic acid groups (broad SMARTS) is 1. The Balaban J connectivity index is 0.00000176. The van der Waals surface area contributed by atoms with Crippen LogP contribution >= 0.6 is 0 Å². The van der Waals surface area contributed by atoms with Crippen molar-refractivity contribution in [2.24, 2.45) is 0 Å². The fourth-order valence-electron chi connectivity index (χ4n) is 3.33. The molecule has 1 aromatic rings. The summed E-state index contributed by atoms with van der Waals surface area (Å²) in [6, 6.07) is 6.05. The summed E-state index contributed by atoms with van der Waals surface area (Å²) in [5, 5.41) is 21.9. The van der Waals surface area contributed by atoms with Gasteiger partial charge in [-0.25, -0.2) is 4.79 Å². The maximum absolute atomic E-state index is 11.3. The number of nitrogens with zero attached hydrogens (tertiary/aromatic N) is 2. The van der Waals surface area contributed by atoms with E-state index >= 15 is 0 Å². The van der Waals surface area contributed by atoms with E-state index in [2.05, 4.69) is 36.0 Å². The van der Waals surface area contributed by atoms with Gasteiger partial charge >= 0.3 is 5.97 Å². The molecule has 1 saturated heterocycles. The SMILES string of the molecule is C=C.C=C(C#N)/C(=C\C)N1CCC(Nc2cc(C(=O)O)c(C)cc2C)CC1. The van der Waals surface area contributed by atoms with E-state index in [1.165, 1.54) is 0 Å². The third-order valence-corrected chi connectivity index (χ3v) is 4.71. The Morgan fingerprint density at radius 3 is 2.37 bits per heavy atom. The Labute approximate surface area is 162 Å². The zero-order valence-electron chi connectivity index (χ0n) is 16.5. The average molecular weight is 367 g/mol. The first-order valence-corrected chi connectivity index (χ1v) is 8.99. The van der Waals surface area contributed by atoms with E-state index in [9.17, 15) is 9.90 Å². The molecule has 0 unspecified atom stereocenters. The highest BCUT2D eigenvalue weighted by atomic mass is 16.4. The molecule has 1 fully saturated rings. The molecule has 0 aromatic heterocycles. The van der Waals surface area contributed by atoms with Crippen molar-refractivity contribution in [2.75, 3.05) is 18.4 Å². The van der Waals surface area contributed by atoms with Gasteiger partial charge in [-0.3, -0.25) is 0 Å². The highest BCUT2D eigenvalue weighted by Gasteiger charge is 2.22. The van der Waals surface area contributed by atoms with Gasteiger partial charge in [-0.05, 0) is 50.8 Å². The number of carboxylic acids is 1. The second-order valence-electron chi connectivity index (χ2n) is 6.46. The largest absolute Gasteiger partial charge is 0.478 e. The Bertz CT molecular complexity index is 766. The molecule has 0 bridgehead atoms. The van der Waals surface area contributed by atoms with Gasteiger partial charge in [-0.15, -0.1) is 13.2 Å². The van der Waals surface area contributed by atoms with Crippen LogP contribution in [0, 0.1) is 25.2 Å². The molecule has 0 radical (unpaired) electrons. The highest BCUT2D eigenvalue weighted by molar-refractivity contribution is 5.91. The monoisotopic (exact) mass is 367 g/mol. The van der Waals surface area contributed by atoms with Gasteiger partial charge in [0.25, 0.3) is 0 Å². The Morgan fingerprint density at radius 1 is 1.30 bits per heavy atom. The lowest BCUT2D eigenvalue weighted by atomic mass is 10.00. The number of nitrogens with one attached hydrogen (secondary N) is 1. The summed E-state index contributed by atoms with van der Waals surface area (Å²) >= 11 is 0. The fourth-order valence-corrected chi connectivity index (χ4v) is 3.33. The fraction of sp³-hybridized carbons (Fsp3) is 0.364. The molecule has 1 aliphatic rings. The van der Waals surface area contributed by atoms with Crippen molar-refractivity contribution in [3.8, 4) is 6.07 Å². The number of likely N-dealkylation sites (tertiary alicyclic amines) is 1. The van der Waals surface area contributed by atoms with E-state index in [0.29, 0.717) is 11.1 Å². The van der Waals surface area contributed by atoms with Gasteiger partial charge in [0.1, 0.15) is 6.07 Å². The first-order valence-electron chi connectivity index (χ1n) is 8.99. The van der Waals surface area contributed by atoms with Gasteiger partial charge in [0.2, 0.25) is 0 Å². The van der Waals surface area contributed by atoms with Gasteiger partial charge in [0, 0.05) is 30.5 Å². The molecule has 0 saturated carbocycles. The number of hydrogen-bond acceptors (Lipinski definition) is 4. The molecule has 0 aliphatic carbocycles. The molecule has 144 valence electrons. The summed E-state index contributed by atoms with van der Waals surface area (Å²) in [6.45, 7) is 17.2. The number of aromatic carboxylic acids is 1. The third kappa shape index (κ3) is 5.49.